The van der Waals surface area contributed by atoms with Crippen molar-refractivity contribution in [1.29, 1.82) is 0 Å². The summed E-state index contributed by atoms with van der Waals surface area (Å²) in [6, 6.07) is 0.740. The standard InChI is InChI=1S/C8H17NO.C4H8O2S/c1-3-8(2)9-4-6-10-7-5-9;1-7-3-2-4(5)6/h8H,3-7H2,1-2H3;2-3H2,1H3,(H,5,6). The molecule has 0 saturated carbocycles. The molecule has 0 aromatic rings. The van der Waals surface area contributed by atoms with Crippen LogP contribution in [0, 0.1) is 0 Å². The third kappa shape index (κ3) is 9.44. The van der Waals surface area contributed by atoms with Crippen LogP contribution in [0.3, 0.4) is 0 Å². The molecule has 1 saturated heterocycles. The average molecular weight is 263 g/mol. The first-order valence-corrected chi connectivity index (χ1v) is 7.53. The van der Waals surface area contributed by atoms with Gasteiger partial charge in [0, 0.05) is 24.9 Å². The maximum atomic E-state index is 9.74. The van der Waals surface area contributed by atoms with Gasteiger partial charge in [0.05, 0.1) is 19.6 Å². The Hall–Kier alpha value is -0.260. The third-order valence-corrected chi connectivity index (χ3v) is 3.39. The highest BCUT2D eigenvalue weighted by Crippen LogP contribution is 2.05. The summed E-state index contributed by atoms with van der Waals surface area (Å²) in [7, 11) is 0. The molecule has 1 rings (SSSR count). The number of thioether (sulfide) groups is 1. The fourth-order valence-corrected chi connectivity index (χ4v) is 1.84. The molecule has 4 nitrogen and oxygen atoms in total. The summed E-state index contributed by atoms with van der Waals surface area (Å²) >= 11 is 1.55. The number of morpholine rings is 1. The quantitative estimate of drug-likeness (QED) is 0.821. The van der Waals surface area contributed by atoms with Gasteiger partial charge in [-0.05, 0) is 19.6 Å². The van der Waals surface area contributed by atoms with E-state index in [2.05, 4.69) is 18.7 Å². The van der Waals surface area contributed by atoms with Crippen molar-refractivity contribution in [3.05, 3.63) is 0 Å². The minimum atomic E-state index is -0.714. The lowest BCUT2D eigenvalue weighted by Gasteiger charge is -2.31. The van der Waals surface area contributed by atoms with E-state index in [1.807, 2.05) is 6.26 Å². The Morgan fingerprint density at radius 2 is 2.06 bits per heavy atom. The minimum Gasteiger partial charge on any atom is -0.481 e. The number of rotatable bonds is 5. The van der Waals surface area contributed by atoms with Gasteiger partial charge in [0.2, 0.25) is 0 Å². The van der Waals surface area contributed by atoms with Crippen LogP contribution in [0.1, 0.15) is 26.7 Å². The lowest BCUT2D eigenvalue weighted by atomic mass is 10.2. The molecule has 102 valence electrons. The third-order valence-electron chi connectivity index (χ3n) is 2.78. The van der Waals surface area contributed by atoms with Crippen LogP contribution in [0.5, 0.6) is 0 Å². The Morgan fingerprint density at radius 3 is 2.41 bits per heavy atom. The zero-order chi connectivity index (χ0) is 13.1. The van der Waals surface area contributed by atoms with Crippen molar-refractivity contribution in [2.45, 2.75) is 32.7 Å². The van der Waals surface area contributed by atoms with Gasteiger partial charge in [0.1, 0.15) is 0 Å². The zero-order valence-electron chi connectivity index (χ0n) is 11.1. The fourth-order valence-electron chi connectivity index (χ4n) is 1.47. The second-order valence-electron chi connectivity index (χ2n) is 4.04. The van der Waals surface area contributed by atoms with E-state index in [-0.39, 0.29) is 6.42 Å². The topological polar surface area (TPSA) is 49.8 Å². The summed E-state index contributed by atoms with van der Waals surface area (Å²) in [6.07, 6.45) is 3.42. The number of carbonyl (C=O) groups is 1. The van der Waals surface area contributed by atoms with E-state index in [9.17, 15) is 4.79 Å². The van der Waals surface area contributed by atoms with Crippen molar-refractivity contribution in [1.82, 2.24) is 4.90 Å². The first-order valence-electron chi connectivity index (χ1n) is 6.14. The monoisotopic (exact) mass is 263 g/mol. The molecule has 0 spiro atoms. The smallest absolute Gasteiger partial charge is 0.304 e. The number of ether oxygens (including phenoxy) is 1. The van der Waals surface area contributed by atoms with Crippen LogP contribution in [0.2, 0.25) is 0 Å². The molecule has 1 unspecified atom stereocenters. The van der Waals surface area contributed by atoms with Crippen molar-refractivity contribution in [2.24, 2.45) is 0 Å². The summed E-state index contributed by atoms with van der Waals surface area (Å²) in [5.41, 5.74) is 0. The van der Waals surface area contributed by atoms with Gasteiger partial charge in [-0.25, -0.2) is 0 Å². The van der Waals surface area contributed by atoms with Crippen LogP contribution in [0.15, 0.2) is 0 Å². The summed E-state index contributed by atoms with van der Waals surface area (Å²) in [5, 5.41) is 8.03. The van der Waals surface area contributed by atoms with E-state index in [1.165, 1.54) is 6.42 Å². The van der Waals surface area contributed by atoms with Gasteiger partial charge in [-0.1, -0.05) is 6.92 Å². The second kappa shape index (κ2) is 10.9. The molecular weight excluding hydrogens is 238 g/mol. The van der Waals surface area contributed by atoms with E-state index in [1.54, 1.807) is 11.8 Å². The van der Waals surface area contributed by atoms with Crippen molar-refractivity contribution < 1.29 is 14.6 Å². The summed E-state index contributed by atoms with van der Waals surface area (Å²) < 4.78 is 5.25. The molecule has 0 aliphatic carbocycles. The molecule has 1 heterocycles. The molecule has 0 amide bonds. The molecule has 0 radical (unpaired) electrons. The van der Waals surface area contributed by atoms with Crippen LogP contribution >= 0.6 is 11.8 Å². The SMILES string of the molecule is CCC(C)N1CCOCC1.CSCCC(=O)O. The molecule has 17 heavy (non-hydrogen) atoms. The molecule has 5 heteroatoms. The molecule has 0 aromatic carbocycles. The van der Waals surface area contributed by atoms with Gasteiger partial charge in [-0.3, -0.25) is 9.69 Å². The van der Waals surface area contributed by atoms with Crippen LogP contribution < -0.4 is 0 Å². The minimum absolute atomic E-state index is 0.279. The van der Waals surface area contributed by atoms with Gasteiger partial charge in [0.15, 0.2) is 0 Å². The van der Waals surface area contributed by atoms with Crippen LogP contribution in [-0.4, -0.2) is 60.3 Å². The lowest BCUT2D eigenvalue weighted by molar-refractivity contribution is -0.136. The molecule has 0 bridgehead atoms. The largest absolute Gasteiger partial charge is 0.481 e. The first-order chi connectivity index (χ1) is 8.11. The van der Waals surface area contributed by atoms with E-state index in [4.69, 9.17) is 9.84 Å². The van der Waals surface area contributed by atoms with Crippen LogP contribution in [0.4, 0.5) is 0 Å². The number of carboxylic acid groups (broad SMARTS) is 1. The Balaban J connectivity index is 0.000000325. The molecule has 1 fully saturated rings. The fraction of sp³-hybridized carbons (Fsp3) is 0.917. The van der Waals surface area contributed by atoms with Crippen molar-refractivity contribution >= 4 is 17.7 Å². The molecule has 1 aliphatic rings. The maximum absolute atomic E-state index is 9.74. The van der Waals surface area contributed by atoms with Gasteiger partial charge in [0.25, 0.3) is 0 Å². The summed E-state index contributed by atoms with van der Waals surface area (Å²) in [5.74, 6) is 0.00403. The van der Waals surface area contributed by atoms with Gasteiger partial charge in [-0.2, -0.15) is 11.8 Å². The lowest BCUT2D eigenvalue weighted by Crippen LogP contribution is -2.41. The first kappa shape index (κ1) is 16.7. The van der Waals surface area contributed by atoms with Crippen molar-refractivity contribution in [3.63, 3.8) is 0 Å². The summed E-state index contributed by atoms with van der Waals surface area (Å²) in [4.78, 5) is 12.2. The Bertz CT molecular complexity index is 196. The van der Waals surface area contributed by atoms with Crippen molar-refractivity contribution in [2.75, 3.05) is 38.3 Å². The molecule has 1 N–H and O–H groups in total. The zero-order valence-corrected chi connectivity index (χ0v) is 12.0. The highest BCUT2D eigenvalue weighted by atomic mass is 32.2. The molecule has 1 aliphatic heterocycles. The predicted octanol–water partition coefficient (Wildman–Crippen LogP) is 1.94. The average Bonchev–Trinajstić information content (AvgIpc) is 2.37. The Morgan fingerprint density at radius 1 is 1.47 bits per heavy atom. The van der Waals surface area contributed by atoms with Crippen LogP contribution in [0.25, 0.3) is 0 Å². The van der Waals surface area contributed by atoms with Gasteiger partial charge in [-0.15, -0.1) is 0 Å². The Labute approximate surface area is 109 Å². The van der Waals surface area contributed by atoms with E-state index < -0.39 is 5.97 Å². The number of aliphatic carboxylic acids is 1. The second-order valence-corrected chi connectivity index (χ2v) is 5.03. The van der Waals surface area contributed by atoms with Gasteiger partial charge >= 0.3 is 5.97 Å². The van der Waals surface area contributed by atoms with E-state index >= 15 is 0 Å². The number of hydrogen-bond acceptors (Lipinski definition) is 4. The number of nitrogens with zero attached hydrogens (tertiary/aromatic N) is 1. The number of hydrogen-bond donors (Lipinski definition) is 1. The highest BCUT2D eigenvalue weighted by molar-refractivity contribution is 7.98. The van der Waals surface area contributed by atoms with E-state index in [0.717, 1.165) is 38.1 Å². The predicted molar refractivity (Wildman–Crippen MR) is 72.8 cm³/mol. The van der Waals surface area contributed by atoms with E-state index in [0.29, 0.717) is 0 Å². The number of carboxylic acids is 1. The maximum Gasteiger partial charge on any atom is 0.304 e. The highest BCUT2D eigenvalue weighted by Gasteiger charge is 2.14. The molecule has 1 atom stereocenters. The normalized spacial score (nSPS) is 18.1. The molecule has 0 aromatic heterocycles. The van der Waals surface area contributed by atoms with Gasteiger partial charge < -0.3 is 9.84 Å². The molecular formula is C12H25NO3S. The Kier molecular flexibility index (Phi) is 10.7. The summed E-state index contributed by atoms with van der Waals surface area (Å²) in [6.45, 7) is 8.60. The van der Waals surface area contributed by atoms with Crippen molar-refractivity contribution in [3.8, 4) is 0 Å². The van der Waals surface area contributed by atoms with Crippen LogP contribution in [-0.2, 0) is 9.53 Å².